The molecule has 0 saturated carbocycles. The van der Waals surface area contributed by atoms with Crippen molar-refractivity contribution in [2.45, 2.75) is 19.4 Å². The second kappa shape index (κ2) is 7.09. The van der Waals surface area contributed by atoms with Crippen LogP contribution in [0.5, 0.6) is 0 Å². The number of carbonyl (C=O) groups is 1. The van der Waals surface area contributed by atoms with Crippen LogP contribution in [0.15, 0.2) is 22.7 Å². The third kappa shape index (κ3) is 3.67. The molecule has 2 aliphatic rings. The molecule has 0 radical (unpaired) electrons. The maximum absolute atomic E-state index is 13.2. The first kappa shape index (κ1) is 16.5. The van der Waals surface area contributed by atoms with E-state index < -0.39 is 0 Å². The van der Waals surface area contributed by atoms with Crippen molar-refractivity contribution in [3.8, 4) is 0 Å². The van der Waals surface area contributed by atoms with Crippen LogP contribution < -0.4 is 0 Å². The van der Waals surface area contributed by atoms with Gasteiger partial charge in [0.1, 0.15) is 11.5 Å². The van der Waals surface area contributed by atoms with E-state index in [1.54, 1.807) is 6.07 Å². The Balaban J connectivity index is 1.27. The van der Waals surface area contributed by atoms with Gasteiger partial charge in [-0.05, 0) is 18.6 Å². The number of fused-ring (bicyclic) bond motifs is 1. The Kier molecular flexibility index (Phi) is 4.67. The van der Waals surface area contributed by atoms with E-state index in [1.807, 2.05) is 4.90 Å². The maximum Gasteiger partial charge on any atom is 0.222 e. The third-order valence-corrected chi connectivity index (χ3v) is 5.20. The van der Waals surface area contributed by atoms with E-state index in [1.165, 1.54) is 12.1 Å². The maximum atomic E-state index is 13.2. The van der Waals surface area contributed by atoms with Gasteiger partial charge in [-0.2, -0.15) is 0 Å². The van der Waals surface area contributed by atoms with Crippen LogP contribution in [0.2, 0.25) is 0 Å². The van der Waals surface area contributed by atoms with E-state index in [0.717, 1.165) is 69.9 Å². The molecule has 134 valence electrons. The first-order valence-corrected chi connectivity index (χ1v) is 8.95. The molecule has 0 bridgehead atoms. The summed E-state index contributed by atoms with van der Waals surface area (Å²) in [6, 6.07) is 4.56. The summed E-state index contributed by atoms with van der Waals surface area (Å²) in [4.78, 5) is 18.4. The van der Waals surface area contributed by atoms with E-state index in [2.05, 4.69) is 15.0 Å². The van der Waals surface area contributed by atoms with Gasteiger partial charge in [-0.3, -0.25) is 14.6 Å². The quantitative estimate of drug-likeness (QED) is 0.825. The minimum Gasteiger partial charge on any atom is -0.356 e. The van der Waals surface area contributed by atoms with Gasteiger partial charge < -0.3 is 9.42 Å². The molecular formula is C18H23FN4O2. The fraction of sp³-hybridized carbons (Fsp3) is 0.556. The lowest BCUT2D eigenvalue weighted by Crippen LogP contribution is -2.48. The summed E-state index contributed by atoms with van der Waals surface area (Å²) in [6.45, 7) is 7.34. The predicted octanol–water partition coefficient (Wildman–Crippen LogP) is 1.71. The Morgan fingerprint density at radius 1 is 1.08 bits per heavy atom. The molecule has 0 spiro atoms. The van der Waals surface area contributed by atoms with E-state index >= 15 is 0 Å². The second-order valence-electron chi connectivity index (χ2n) is 6.87. The van der Waals surface area contributed by atoms with Crippen LogP contribution in [0.25, 0.3) is 11.0 Å². The van der Waals surface area contributed by atoms with Gasteiger partial charge in [0.2, 0.25) is 5.91 Å². The van der Waals surface area contributed by atoms with Gasteiger partial charge in [-0.25, -0.2) is 4.39 Å². The van der Waals surface area contributed by atoms with Crippen LogP contribution in [-0.2, 0) is 11.3 Å². The summed E-state index contributed by atoms with van der Waals surface area (Å²) in [5, 5.41) is 4.99. The molecule has 2 saturated heterocycles. The lowest BCUT2D eigenvalue weighted by Gasteiger charge is -2.35. The first-order chi connectivity index (χ1) is 12.2. The van der Waals surface area contributed by atoms with Crippen molar-refractivity contribution in [2.75, 3.05) is 45.8 Å². The third-order valence-electron chi connectivity index (χ3n) is 5.20. The van der Waals surface area contributed by atoms with Gasteiger partial charge in [0.25, 0.3) is 0 Å². The Hall–Kier alpha value is -1.99. The van der Waals surface area contributed by atoms with Crippen LogP contribution in [0, 0.1) is 5.82 Å². The number of halogens is 1. The van der Waals surface area contributed by atoms with Gasteiger partial charge >= 0.3 is 0 Å². The van der Waals surface area contributed by atoms with E-state index in [0.29, 0.717) is 17.9 Å². The van der Waals surface area contributed by atoms with Crippen molar-refractivity contribution < 1.29 is 13.7 Å². The number of hydrogen-bond acceptors (Lipinski definition) is 5. The van der Waals surface area contributed by atoms with Crippen LogP contribution in [0.3, 0.4) is 0 Å². The smallest absolute Gasteiger partial charge is 0.222 e. The molecule has 25 heavy (non-hydrogen) atoms. The SMILES string of the molecule is O=C1CCCN1CCN1CCN(Cc2noc3cc(F)ccc23)CC1. The summed E-state index contributed by atoms with van der Waals surface area (Å²) in [5.74, 6) is -0.00622. The van der Waals surface area contributed by atoms with Gasteiger partial charge in [-0.1, -0.05) is 5.16 Å². The van der Waals surface area contributed by atoms with Crippen molar-refractivity contribution in [3.05, 3.63) is 29.7 Å². The minimum absolute atomic E-state index is 0.299. The molecule has 0 aliphatic carbocycles. The Labute approximate surface area is 146 Å². The first-order valence-electron chi connectivity index (χ1n) is 8.95. The van der Waals surface area contributed by atoms with Crippen LogP contribution >= 0.6 is 0 Å². The molecule has 2 aliphatic heterocycles. The molecule has 1 amide bonds. The molecule has 7 heteroatoms. The van der Waals surface area contributed by atoms with Crippen molar-refractivity contribution in [2.24, 2.45) is 0 Å². The van der Waals surface area contributed by atoms with Crippen LogP contribution in [0.1, 0.15) is 18.5 Å². The standard InChI is InChI=1S/C18H23FN4O2/c19-14-3-4-15-16(20-25-17(15)12-14)13-22-8-6-21(7-9-22)10-11-23-5-1-2-18(23)24/h3-4,12H,1-2,5-11,13H2. The normalized spacial score (nSPS) is 20.0. The number of piperazine rings is 1. The van der Waals surface area contributed by atoms with Gasteiger partial charge in [0.15, 0.2) is 5.58 Å². The Morgan fingerprint density at radius 3 is 2.64 bits per heavy atom. The highest BCUT2D eigenvalue weighted by molar-refractivity contribution is 5.79. The average molecular weight is 346 g/mol. The largest absolute Gasteiger partial charge is 0.356 e. The zero-order chi connectivity index (χ0) is 17.2. The predicted molar refractivity (Wildman–Crippen MR) is 91.5 cm³/mol. The lowest BCUT2D eigenvalue weighted by atomic mass is 10.2. The molecular weight excluding hydrogens is 323 g/mol. The number of amides is 1. The molecule has 4 rings (SSSR count). The molecule has 0 N–H and O–H groups in total. The van der Waals surface area contributed by atoms with Crippen molar-refractivity contribution in [1.29, 1.82) is 0 Å². The molecule has 2 aromatic rings. The summed E-state index contributed by atoms with van der Waals surface area (Å²) >= 11 is 0. The summed E-state index contributed by atoms with van der Waals surface area (Å²) < 4.78 is 18.5. The fourth-order valence-electron chi connectivity index (χ4n) is 3.66. The number of nitrogens with zero attached hydrogens (tertiary/aromatic N) is 4. The number of rotatable bonds is 5. The molecule has 1 aromatic heterocycles. The zero-order valence-electron chi connectivity index (χ0n) is 14.3. The van der Waals surface area contributed by atoms with Gasteiger partial charge in [0, 0.05) is 70.2 Å². The number of hydrogen-bond donors (Lipinski definition) is 0. The molecule has 2 fully saturated rings. The molecule has 3 heterocycles. The monoisotopic (exact) mass is 346 g/mol. The molecule has 1 aromatic carbocycles. The summed E-state index contributed by atoms with van der Waals surface area (Å²) in [5.41, 5.74) is 1.37. The topological polar surface area (TPSA) is 52.8 Å². The van der Waals surface area contributed by atoms with E-state index in [9.17, 15) is 9.18 Å². The van der Waals surface area contributed by atoms with Crippen LogP contribution in [0.4, 0.5) is 4.39 Å². The summed E-state index contributed by atoms with van der Waals surface area (Å²) in [7, 11) is 0. The summed E-state index contributed by atoms with van der Waals surface area (Å²) in [6.07, 6.45) is 1.71. The number of carbonyl (C=O) groups excluding carboxylic acids is 1. The zero-order valence-corrected chi connectivity index (χ0v) is 14.3. The fourth-order valence-corrected chi connectivity index (χ4v) is 3.66. The second-order valence-corrected chi connectivity index (χ2v) is 6.87. The van der Waals surface area contributed by atoms with E-state index in [-0.39, 0.29) is 5.82 Å². The highest BCUT2D eigenvalue weighted by Crippen LogP contribution is 2.21. The molecule has 6 nitrogen and oxygen atoms in total. The van der Waals surface area contributed by atoms with Crippen molar-refractivity contribution in [1.82, 2.24) is 19.9 Å². The highest BCUT2D eigenvalue weighted by atomic mass is 19.1. The highest BCUT2D eigenvalue weighted by Gasteiger charge is 2.23. The number of benzene rings is 1. The Morgan fingerprint density at radius 2 is 1.88 bits per heavy atom. The molecule has 0 unspecified atom stereocenters. The lowest BCUT2D eigenvalue weighted by molar-refractivity contribution is -0.127. The number of likely N-dealkylation sites (tertiary alicyclic amines) is 1. The van der Waals surface area contributed by atoms with Gasteiger partial charge in [-0.15, -0.1) is 0 Å². The minimum atomic E-state index is -0.305. The van der Waals surface area contributed by atoms with Crippen LogP contribution in [-0.4, -0.2) is 71.6 Å². The van der Waals surface area contributed by atoms with Crippen molar-refractivity contribution >= 4 is 16.9 Å². The van der Waals surface area contributed by atoms with Gasteiger partial charge in [0.05, 0.1) is 0 Å². The van der Waals surface area contributed by atoms with Crippen molar-refractivity contribution in [3.63, 3.8) is 0 Å². The van der Waals surface area contributed by atoms with E-state index in [4.69, 9.17) is 4.52 Å². The average Bonchev–Trinajstić information content (AvgIpc) is 3.20. The molecule has 0 atom stereocenters. The number of aromatic nitrogens is 1. The Bertz CT molecular complexity index is 755.